The van der Waals surface area contributed by atoms with Gasteiger partial charge in [0.2, 0.25) is 0 Å². The molecule has 8 aromatic rings. The van der Waals surface area contributed by atoms with E-state index in [1.165, 1.54) is 61.4 Å². The second-order valence-electron chi connectivity index (χ2n) is 13.6. The fourth-order valence-electron chi connectivity index (χ4n) is 9.55. The first-order chi connectivity index (χ1) is 24.1. The average molecular weight is 644 g/mol. The van der Waals surface area contributed by atoms with Crippen LogP contribution in [0.5, 0.6) is 0 Å². The van der Waals surface area contributed by atoms with Crippen molar-refractivity contribution < 1.29 is 0 Å². The van der Waals surface area contributed by atoms with Crippen LogP contribution in [0.4, 0.5) is 11.4 Å². The van der Waals surface area contributed by atoms with E-state index in [1.54, 1.807) is 11.3 Å². The van der Waals surface area contributed by atoms with Crippen LogP contribution in [0.25, 0.3) is 42.4 Å². The molecule has 1 aromatic heterocycles. The van der Waals surface area contributed by atoms with Gasteiger partial charge in [0.1, 0.15) is 0 Å². The van der Waals surface area contributed by atoms with E-state index in [1.807, 2.05) is 18.2 Å². The Morgan fingerprint density at radius 1 is 0.449 bits per heavy atom. The number of hydrogen-bond donors (Lipinski definition) is 0. The predicted octanol–water partition coefficient (Wildman–Crippen LogP) is 11.2. The molecule has 1 spiro atoms. The first-order valence-corrected chi connectivity index (χ1v) is 17.7. The Hall–Kier alpha value is -5.77. The van der Waals surface area contributed by atoms with Crippen LogP contribution in [-0.2, 0) is 11.0 Å². The third-order valence-electron chi connectivity index (χ3n) is 11.5. The molecule has 0 bridgehead atoms. The molecular formula is C46H29NOS. The van der Waals surface area contributed by atoms with Crippen molar-refractivity contribution in [1.82, 2.24) is 0 Å². The molecule has 0 radical (unpaired) electrons. The van der Waals surface area contributed by atoms with Crippen molar-refractivity contribution in [2.45, 2.75) is 17.9 Å². The second kappa shape index (κ2) is 9.43. The Morgan fingerprint density at radius 2 is 0.939 bits per heavy atom. The largest absolute Gasteiger partial charge is 0.327 e. The predicted molar refractivity (Wildman–Crippen MR) is 203 cm³/mol. The minimum atomic E-state index is -0.570. The number of anilines is 2. The van der Waals surface area contributed by atoms with Crippen molar-refractivity contribution in [2.24, 2.45) is 0 Å². The lowest BCUT2D eigenvalue weighted by molar-refractivity contribution is 0.575. The van der Waals surface area contributed by atoms with Crippen molar-refractivity contribution in [3.05, 3.63) is 201 Å². The Bertz CT molecular complexity index is 2700. The smallest absolute Gasteiger partial charge is 0.195 e. The zero-order valence-corrected chi connectivity index (χ0v) is 27.6. The van der Waals surface area contributed by atoms with Crippen molar-refractivity contribution in [2.75, 3.05) is 4.90 Å². The fraction of sp³-hybridized carbons (Fsp3) is 0.0652. The maximum atomic E-state index is 14.0. The van der Waals surface area contributed by atoms with Gasteiger partial charge >= 0.3 is 0 Å². The van der Waals surface area contributed by atoms with Gasteiger partial charge in [-0.3, -0.25) is 4.79 Å². The van der Waals surface area contributed by atoms with Gasteiger partial charge < -0.3 is 4.90 Å². The van der Waals surface area contributed by atoms with Crippen LogP contribution in [0.15, 0.2) is 163 Å². The van der Waals surface area contributed by atoms with Crippen molar-refractivity contribution in [3.8, 4) is 22.3 Å². The van der Waals surface area contributed by atoms with E-state index in [0.717, 1.165) is 25.7 Å². The van der Waals surface area contributed by atoms with Gasteiger partial charge in [-0.25, -0.2) is 0 Å². The lowest BCUT2D eigenvalue weighted by atomic mass is 9.64. The normalized spacial score (nSPS) is 15.4. The number of benzene rings is 7. The molecule has 0 N–H and O–H groups in total. The molecule has 7 aromatic carbocycles. The molecule has 0 fully saturated rings. The molecule has 1 aliphatic heterocycles. The van der Waals surface area contributed by atoms with Gasteiger partial charge in [0.05, 0.1) is 11.0 Å². The molecule has 0 atom stereocenters. The SMILES string of the molecule is CC1(N2c3ccccc3C3(c4ccccc4-c4cc5c(=O)c6ccccc6sc5cc43)c3ccccc32)c2ccccc2-c2ccccc21. The van der Waals surface area contributed by atoms with Gasteiger partial charge in [-0.2, -0.15) is 0 Å². The molecule has 2 nitrogen and oxygen atoms in total. The van der Waals surface area contributed by atoms with E-state index in [2.05, 4.69) is 151 Å². The lowest BCUT2D eigenvalue weighted by Gasteiger charge is -2.51. The average Bonchev–Trinajstić information content (AvgIpc) is 3.58. The van der Waals surface area contributed by atoms with Crippen molar-refractivity contribution >= 4 is 42.9 Å². The van der Waals surface area contributed by atoms with Gasteiger partial charge in [-0.05, 0) is 99.0 Å². The van der Waals surface area contributed by atoms with Gasteiger partial charge in [-0.15, -0.1) is 11.3 Å². The summed E-state index contributed by atoms with van der Waals surface area (Å²) in [5, 5.41) is 1.58. The Kier molecular flexibility index (Phi) is 5.24. The number of hydrogen-bond acceptors (Lipinski definition) is 3. The minimum absolute atomic E-state index is 0.104. The van der Waals surface area contributed by atoms with Crippen LogP contribution in [0.3, 0.4) is 0 Å². The van der Waals surface area contributed by atoms with Gasteiger partial charge in [0.25, 0.3) is 0 Å². The zero-order valence-electron chi connectivity index (χ0n) is 26.8. The summed E-state index contributed by atoms with van der Waals surface area (Å²) in [7, 11) is 0. The highest BCUT2D eigenvalue weighted by molar-refractivity contribution is 7.24. The zero-order chi connectivity index (χ0) is 32.5. The van der Waals surface area contributed by atoms with E-state index >= 15 is 0 Å². The molecule has 2 heterocycles. The summed E-state index contributed by atoms with van der Waals surface area (Å²) in [5.41, 5.74) is 14.0. The fourth-order valence-corrected chi connectivity index (χ4v) is 10.6. The van der Waals surface area contributed by atoms with E-state index in [-0.39, 0.29) is 5.43 Å². The Labute approximate surface area is 288 Å². The van der Waals surface area contributed by atoms with E-state index < -0.39 is 11.0 Å². The molecule has 11 rings (SSSR count). The molecule has 49 heavy (non-hydrogen) atoms. The summed E-state index contributed by atoms with van der Waals surface area (Å²) in [5.74, 6) is 0. The van der Waals surface area contributed by atoms with E-state index in [0.29, 0.717) is 0 Å². The lowest BCUT2D eigenvalue weighted by Crippen LogP contribution is -2.46. The number of fused-ring (bicyclic) bond motifs is 14. The standard InChI is InChI=1S/C46H29NOS/c1-45(34-18-6-2-14-28(34)29-15-3-7-19-35(29)45)47-40-23-11-9-21-37(40)46(38-22-10-12-24-41(38)47)36-20-8-4-16-30(36)32-26-33-43(27-39(32)46)49-42-25-13-5-17-31(42)44(33)48/h2-27H,1H3. The van der Waals surface area contributed by atoms with Crippen LogP contribution >= 0.6 is 11.3 Å². The monoisotopic (exact) mass is 643 g/mol. The Balaban J connectivity index is 1.28. The van der Waals surface area contributed by atoms with Crippen molar-refractivity contribution in [3.63, 3.8) is 0 Å². The molecule has 2 aliphatic carbocycles. The Morgan fingerprint density at radius 3 is 1.57 bits per heavy atom. The van der Waals surface area contributed by atoms with Crippen molar-refractivity contribution in [1.29, 1.82) is 0 Å². The molecular weight excluding hydrogens is 615 g/mol. The highest BCUT2D eigenvalue weighted by atomic mass is 32.1. The van der Waals surface area contributed by atoms with Crippen LogP contribution < -0.4 is 10.3 Å². The number of nitrogens with zero attached hydrogens (tertiary/aromatic N) is 1. The van der Waals surface area contributed by atoms with Crippen LogP contribution in [0, 0.1) is 0 Å². The molecule has 0 saturated heterocycles. The third kappa shape index (κ3) is 3.20. The maximum Gasteiger partial charge on any atom is 0.195 e. The van der Waals surface area contributed by atoms with Gasteiger partial charge in [0.15, 0.2) is 5.43 Å². The molecule has 0 unspecified atom stereocenters. The number of rotatable bonds is 1. The second-order valence-corrected chi connectivity index (χ2v) is 14.7. The molecule has 3 heteroatoms. The van der Waals surface area contributed by atoms with E-state index in [4.69, 9.17) is 0 Å². The molecule has 230 valence electrons. The van der Waals surface area contributed by atoms with Gasteiger partial charge in [0, 0.05) is 31.5 Å². The summed E-state index contributed by atoms with van der Waals surface area (Å²) < 4.78 is 2.05. The van der Waals surface area contributed by atoms with E-state index in [9.17, 15) is 4.79 Å². The summed E-state index contributed by atoms with van der Waals surface area (Å²) in [6.45, 7) is 2.40. The molecule has 0 saturated carbocycles. The topological polar surface area (TPSA) is 20.3 Å². The highest BCUT2D eigenvalue weighted by Crippen LogP contribution is 2.66. The number of para-hydroxylation sites is 2. The summed E-state index contributed by atoms with van der Waals surface area (Å²) in [4.78, 5) is 16.6. The third-order valence-corrected chi connectivity index (χ3v) is 12.6. The maximum absolute atomic E-state index is 14.0. The molecule has 0 amide bonds. The first kappa shape index (κ1) is 27.2. The summed E-state index contributed by atoms with van der Waals surface area (Å²) in [6.07, 6.45) is 0. The van der Waals surface area contributed by atoms with Crippen LogP contribution in [-0.4, -0.2) is 0 Å². The molecule has 3 aliphatic rings. The van der Waals surface area contributed by atoms with Crippen LogP contribution in [0.1, 0.15) is 40.3 Å². The quantitative estimate of drug-likeness (QED) is 0.166. The highest BCUT2D eigenvalue weighted by Gasteiger charge is 2.55. The van der Waals surface area contributed by atoms with Crippen LogP contribution in [0.2, 0.25) is 0 Å². The summed E-state index contributed by atoms with van der Waals surface area (Å²) >= 11 is 1.71. The minimum Gasteiger partial charge on any atom is -0.327 e. The van der Waals surface area contributed by atoms with Gasteiger partial charge in [-0.1, -0.05) is 121 Å². The first-order valence-electron chi connectivity index (χ1n) is 16.9. The summed E-state index contributed by atoms with van der Waals surface area (Å²) in [6, 6.07) is 57.3.